The Labute approximate surface area is 108 Å². The summed E-state index contributed by atoms with van der Waals surface area (Å²) < 4.78 is 0. The number of hydrogen-bond donors (Lipinski definition) is 1. The summed E-state index contributed by atoms with van der Waals surface area (Å²) in [5.74, 6) is -0.747. The molecule has 0 aromatic carbocycles. The lowest BCUT2D eigenvalue weighted by atomic mass is 10.2. The van der Waals surface area contributed by atoms with Gasteiger partial charge in [-0.3, -0.25) is 9.78 Å². The molecular weight excluding hydrogens is 248 g/mol. The molecule has 92 valence electrons. The summed E-state index contributed by atoms with van der Waals surface area (Å²) in [4.78, 5) is 20.5. The van der Waals surface area contributed by atoms with Crippen molar-refractivity contribution < 1.29 is 9.90 Å². The van der Waals surface area contributed by atoms with Crippen LogP contribution in [0.25, 0.3) is 10.6 Å². The molecule has 18 heavy (non-hydrogen) atoms. The summed E-state index contributed by atoms with van der Waals surface area (Å²) in [7, 11) is 0. The molecule has 1 aliphatic carbocycles. The van der Waals surface area contributed by atoms with Gasteiger partial charge in [-0.05, 0) is 25.5 Å². The van der Waals surface area contributed by atoms with Crippen molar-refractivity contribution in [3.8, 4) is 10.6 Å². The summed E-state index contributed by atoms with van der Waals surface area (Å²) in [5, 5.41) is 9.92. The van der Waals surface area contributed by atoms with Gasteiger partial charge in [-0.15, -0.1) is 11.3 Å². The smallest absolute Gasteiger partial charge is 0.307 e. The number of hydrogen-bond acceptors (Lipinski definition) is 4. The molecule has 1 fully saturated rings. The number of thiazole rings is 1. The van der Waals surface area contributed by atoms with Crippen LogP contribution in [-0.4, -0.2) is 21.0 Å². The maximum Gasteiger partial charge on any atom is 0.307 e. The molecule has 2 atom stereocenters. The average Bonchev–Trinajstić information content (AvgIpc) is 3.08. The third kappa shape index (κ3) is 1.90. The van der Waals surface area contributed by atoms with Gasteiger partial charge in [0.25, 0.3) is 0 Å². The fraction of sp³-hybridized carbons (Fsp3) is 0.308. The zero-order valence-corrected chi connectivity index (χ0v) is 10.6. The van der Waals surface area contributed by atoms with Gasteiger partial charge >= 0.3 is 5.97 Å². The average molecular weight is 260 g/mol. The van der Waals surface area contributed by atoms with E-state index < -0.39 is 5.97 Å². The maximum absolute atomic E-state index is 10.9. The van der Waals surface area contributed by atoms with Crippen molar-refractivity contribution in [2.24, 2.45) is 5.92 Å². The van der Waals surface area contributed by atoms with E-state index in [1.54, 1.807) is 23.7 Å². The Kier molecular flexibility index (Phi) is 2.63. The first-order valence-corrected chi connectivity index (χ1v) is 6.59. The van der Waals surface area contributed by atoms with E-state index >= 15 is 0 Å². The van der Waals surface area contributed by atoms with E-state index in [9.17, 15) is 4.79 Å². The minimum absolute atomic E-state index is 0.163. The van der Waals surface area contributed by atoms with Crippen LogP contribution >= 0.6 is 11.3 Å². The first-order valence-electron chi connectivity index (χ1n) is 5.77. The predicted molar refractivity (Wildman–Crippen MR) is 68.6 cm³/mol. The van der Waals surface area contributed by atoms with Crippen molar-refractivity contribution in [3.63, 3.8) is 0 Å². The molecule has 3 rings (SSSR count). The van der Waals surface area contributed by atoms with E-state index in [4.69, 9.17) is 5.11 Å². The van der Waals surface area contributed by atoms with Crippen molar-refractivity contribution in [1.29, 1.82) is 0 Å². The van der Waals surface area contributed by atoms with Crippen molar-refractivity contribution in [2.75, 3.05) is 0 Å². The van der Waals surface area contributed by atoms with Crippen LogP contribution in [0.15, 0.2) is 24.5 Å². The zero-order chi connectivity index (χ0) is 12.7. The van der Waals surface area contributed by atoms with Crippen LogP contribution in [0.1, 0.15) is 22.9 Å². The molecule has 2 unspecified atom stereocenters. The van der Waals surface area contributed by atoms with Crippen LogP contribution in [0.4, 0.5) is 0 Å². The topological polar surface area (TPSA) is 63.1 Å². The molecular formula is C13H12N2O2S. The number of carboxylic acid groups (broad SMARTS) is 1. The van der Waals surface area contributed by atoms with Gasteiger partial charge in [0.1, 0.15) is 5.01 Å². The molecule has 0 saturated heterocycles. The Morgan fingerprint density at radius 2 is 2.17 bits per heavy atom. The fourth-order valence-corrected chi connectivity index (χ4v) is 3.38. The van der Waals surface area contributed by atoms with Crippen molar-refractivity contribution in [1.82, 2.24) is 9.97 Å². The zero-order valence-electron chi connectivity index (χ0n) is 9.83. The number of carbonyl (C=O) groups is 1. The molecule has 0 aliphatic heterocycles. The van der Waals surface area contributed by atoms with Crippen molar-refractivity contribution in [3.05, 3.63) is 35.1 Å². The molecule has 0 radical (unpaired) electrons. The van der Waals surface area contributed by atoms with Crippen LogP contribution in [0, 0.1) is 12.8 Å². The standard InChI is InChI=1S/C13H12N2O2S/c1-7-11(9-6-10(9)13(16)17)18-12(15-7)8-2-4-14-5-3-8/h2-5,9-10H,6H2,1H3,(H,16,17). The number of aryl methyl sites for hydroxylation is 1. The maximum atomic E-state index is 10.9. The summed E-state index contributed by atoms with van der Waals surface area (Å²) in [6, 6.07) is 3.84. The number of nitrogens with zero attached hydrogens (tertiary/aromatic N) is 2. The van der Waals surface area contributed by atoms with Gasteiger partial charge < -0.3 is 5.11 Å². The van der Waals surface area contributed by atoms with E-state index in [2.05, 4.69) is 9.97 Å². The predicted octanol–water partition coefficient (Wildman–Crippen LogP) is 2.70. The minimum atomic E-state index is -0.696. The second kappa shape index (κ2) is 4.17. The van der Waals surface area contributed by atoms with E-state index in [-0.39, 0.29) is 11.8 Å². The summed E-state index contributed by atoms with van der Waals surface area (Å²) in [6.45, 7) is 1.95. The third-order valence-electron chi connectivity index (χ3n) is 3.20. The summed E-state index contributed by atoms with van der Waals surface area (Å²) >= 11 is 1.60. The van der Waals surface area contributed by atoms with Crippen LogP contribution in [0.3, 0.4) is 0 Å². The molecule has 1 aliphatic rings. The second-order valence-corrected chi connectivity index (χ2v) is 5.52. The molecule has 1 N–H and O–H groups in total. The van der Waals surface area contributed by atoms with E-state index in [1.807, 2.05) is 19.1 Å². The van der Waals surface area contributed by atoms with Gasteiger partial charge in [0.15, 0.2) is 0 Å². The van der Waals surface area contributed by atoms with Gasteiger partial charge in [0.05, 0.1) is 11.6 Å². The van der Waals surface area contributed by atoms with Gasteiger partial charge in [0.2, 0.25) is 0 Å². The lowest BCUT2D eigenvalue weighted by Crippen LogP contribution is -1.98. The molecule has 0 amide bonds. The Morgan fingerprint density at radius 1 is 1.44 bits per heavy atom. The minimum Gasteiger partial charge on any atom is -0.481 e. The normalized spacial score (nSPS) is 21.8. The highest BCUT2D eigenvalue weighted by Crippen LogP contribution is 2.51. The lowest BCUT2D eigenvalue weighted by molar-refractivity contribution is -0.138. The quantitative estimate of drug-likeness (QED) is 0.921. The van der Waals surface area contributed by atoms with Crippen LogP contribution < -0.4 is 0 Å². The van der Waals surface area contributed by atoms with Gasteiger partial charge in [-0.2, -0.15) is 0 Å². The molecule has 2 aromatic heterocycles. The van der Waals surface area contributed by atoms with Crippen LogP contribution in [0.2, 0.25) is 0 Å². The first kappa shape index (κ1) is 11.3. The number of aliphatic carboxylic acids is 1. The highest BCUT2D eigenvalue weighted by molar-refractivity contribution is 7.15. The molecule has 2 aromatic rings. The van der Waals surface area contributed by atoms with Crippen molar-refractivity contribution >= 4 is 17.3 Å². The SMILES string of the molecule is Cc1nc(-c2ccncc2)sc1C1CC1C(=O)O. The highest BCUT2D eigenvalue weighted by atomic mass is 32.1. The van der Waals surface area contributed by atoms with Gasteiger partial charge in [0, 0.05) is 28.8 Å². The molecule has 0 spiro atoms. The molecule has 5 heteroatoms. The van der Waals surface area contributed by atoms with Gasteiger partial charge in [-0.25, -0.2) is 4.98 Å². The van der Waals surface area contributed by atoms with Crippen molar-refractivity contribution in [2.45, 2.75) is 19.3 Å². The fourth-order valence-electron chi connectivity index (χ4n) is 2.13. The monoisotopic (exact) mass is 260 g/mol. The molecule has 0 bridgehead atoms. The molecule has 2 heterocycles. The Bertz CT molecular complexity index is 594. The summed E-state index contributed by atoms with van der Waals surface area (Å²) in [5.41, 5.74) is 2.00. The lowest BCUT2D eigenvalue weighted by Gasteiger charge is -1.93. The Morgan fingerprint density at radius 3 is 2.78 bits per heavy atom. The van der Waals surface area contributed by atoms with Crippen LogP contribution in [0.5, 0.6) is 0 Å². The highest BCUT2D eigenvalue weighted by Gasteiger charge is 2.46. The summed E-state index contributed by atoms with van der Waals surface area (Å²) in [6.07, 6.45) is 4.22. The molecule has 4 nitrogen and oxygen atoms in total. The van der Waals surface area contributed by atoms with E-state index in [1.165, 1.54) is 0 Å². The molecule has 1 saturated carbocycles. The number of aromatic nitrogens is 2. The Hall–Kier alpha value is -1.75. The number of pyridine rings is 1. The second-order valence-electron chi connectivity index (χ2n) is 4.49. The number of carboxylic acids is 1. The van der Waals surface area contributed by atoms with Gasteiger partial charge in [-0.1, -0.05) is 0 Å². The number of rotatable bonds is 3. The van der Waals surface area contributed by atoms with E-state index in [0.717, 1.165) is 27.6 Å². The first-order chi connectivity index (χ1) is 8.66. The largest absolute Gasteiger partial charge is 0.481 e. The van der Waals surface area contributed by atoms with Crippen LogP contribution in [-0.2, 0) is 4.79 Å². The third-order valence-corrected chi connectivity index (χ3v) is 4.54. The van der Waals surface area contributed by atoms with E-state index in [0.29, 0.717) is 0 Å². The Balaban J connectivity index is 1.91.